The Balaban J connectivity index is 1.41. The molecule has 0 aliphatic carbocycles. The summed E-state index contributed by atoms with van der Waals surface area (Å²) in [5, 5.41) is 14.2. The molecule has 160 valence electrons. The summed E-state index contributed by atoms with van der Waals surface area (Å²) in [7, 11) is 0. The van der Waals surface area contributed by atoms with Crippen molar-refractivity contribution in [3.8, 4) is 0 Å². The fourth-order valence-corrected chi connectivity index (χ4v) is 4.04. The number of alkyl halides is 2. The first-order valence-corrected chi connectivity index (χ1v) is 10.8. The van der Waals surface area contributed by atoms with Crippen LogP contribution in [0.15, 0.2) is 65.7 Å². The molecule has 0 unspecified atom stereocenters. The van der Waals surface area contributed by atoms with Crippen LogP contribution in [-0.2, 0) is 0 Å². The van der Waals surface area contributed by atoms with Gasteiger partial charge in [0, 0.05) is 35.4 Å². The van der Waals surface area contributed by atoms with Gasteiger partial charge in [0.15, 0.2) is 5.82 Å². The van der Waals surface area contributed by atoms with Gasteiger partial charge in [-0.15, -0.1) is 5.10 Å². The Kier molecular flexibility index (Phi) is 6.61. The minimum Gasteiger partial charge on any atom is -0.370 e. The number of carbonyl (C=O) groups is 1. The summed E-state index contributed by atoms with van der Waals surface area (Å²) < 4.78 is 25.5. The number of nitrogens with one attached hydrogen (secondary N) is 2. The van der Waals surface area contributed by atoms with E-state index in [1.54, 1.807) is 42.6 Å². The Morgan fingerprint density at radius 3 is 2.48 bits per heavy atom. The summed E-state index contributed by atoms with van der Waals surface area (Å²) in [4.78, 5) is 15.1. The molecular weight excluding hydrogens is 420 g/mol. The second kappa shape index (κ2) is 9.74. The zero-order valence-corrected chi connectivity index (χ0v) is 17.4. The van der Waals surface area contributed by atoms with Crippen LogP contribution in [0.2, 0.25) is 0 Å². The maximum absolute atomic E-state index is 12.7. The van der Waals surface area contributed by atoms with E-state index in [-0.39, 0.29) is 10.5 Å². The maximum atomic E-state index is 12.7. The van der Waals surface area contributed by atoms with Gasteiger partial charge in [0.25, 0.3) is 11.7 Å². The highest BCUT2D eigenvalue weighted by molar-refractivity contribution is 7.99. The third-order valence-electron chi connectivity index (χ3n) is 4.87. The number of nitrogens with zero attached hydrogens (tertiary/aromatic N) is 3. The van der Waals surface area contributed by atoms with Crippen molar-refractivity contribution in [2.75, 3.05) is 28.6 Å². The molecule has 0 atom stereocenters. The van der Waals surface area contributed by atoms with Gasteiger partial charge in [0.2, 0.25) is 0 Å². The van der Waals surface area contributed by atoms with Crippen LogP contribution in [-0.4, -0.2) is 35.0 Å². The van der Waals surface area contributed by atoms with Crippen LogP contribution >= 0.6 is 11.8 Å². The van der Waals surface area contributed by atoms with Gasteiger partial charge in [-0.2, -0.15) is 13.9 Å². The van der Waals surface area contributed by atoms with Gasteiger partial charge >= 0.3 is 0 Å². The van der Waals surface area contributed by atoms with Crippen LogP contribution in [0.5, 0.6) is 0 Å². The lowest BCUT2D eigenvalue weighted by atomic mass is 10.2. The monoisotopic (exact) mass is 441 g/mol. The lowest BCUT2D eigenvalue weighted by Gasteiger charge is -2.17. The third-order valence-corrected chi connectivity index (χ3v) is 5.66. The van der Waals surface area contributed by atoms with Crippen molar-refractivity contribution in [2.45, 2.75) is 23.5 Å². The van der Waals surface area contributed by atoms with Crippen molar-refractivity contribution in [1.29, 1.82) is 0 Å². The predicted octanol–water partition coefficient (Wildman–Crippen LogP) is 5.39. The summed E-state index contributed by atoms with van der Waals surface area (Å²) in [6.07, 6.45) is 4.13. The second-order valence-corrected chi connectivity index (χ2v) is 8.06. The minimum absolute atomic E-state index is 0.212. The SMILES string of the molecule is O=C(Nc1ccc(Nc2cc(N3CCCC3)cnn2)cc1)c1ccccc1SC(F)F. The predicted molar refractivity (Wildman–Crippen MR) is 119 cm³/mol. The van der Waals surface area contributed by atoms with Crippen LogP contribution in [0.3, 0.4) is 0 Å². The smallest absolute Gasteiger partial charge is 0.288 e. The van der Waals surface area contributed by atoms with Crippen molar-refractivity contribution >= 4 is 40.5 Å². The van der Waals surface area contributed by atoms with E-state index in [0.717, 1.165) is 24.5 Å². The Morgan fingerprint density at radius 1 is 1.03 bits per heavy atom. The van der Waals surface area contributed by atoms with E-state index >= 15 is 0 Å². The van der Waals surface area contributed by atoms with E-state index in [0.29, 0.717) is 23.3 Å². The lowest BCUT2D eigenvalue weighted by molar-refractivity contribution is 0.102. The normalized spacial score (nSPS) is 13.5. The second-order valence-electron chi connectivity index (χ2n) is 7.02. The quantitative estimate of drug-likeness (QED) is 0.479. The molecule has 2 heterocycles. The number of amides is 1. The number of carbonyl (C=O) groups excluding carboxylic acids is 1. The molecule has 1 saturated heterocycles. The fourth-order valence-electron chi connectivity index (χ4n) is 3.40. The molecule has 0 radical (unpaired) electrons. The molecule has 1 aliphatic heterocycles. The van der Waals surface area contributed by atoms with Crippen molar-refractivity contribution in [1.82, 2.24) is 10.2 Å². The first kappa shape index (κ1) is 21.0. The molecule has 0 spiro atoms. The van der Waals surface area contributed by atoms with Gasteiger partial charge < -0.3 is 15.5 Å². The molecule has 1 aromatic heterocycles. The molecule has 6 nitrogen and oxygen atoms in total. The Morgan fingerprint density at radius 2 is 1.74 bits per heavy atom. The molecule has 3 aromatic rings. The number of rotatable bonds is 7. The summed E-state index contributed by atoms with van der Waals surface area (Å²) in [6, 6.07) is 15.4. The Labute approximate surface area is 183 Å². The van der Waals surface area contributed by atoms with Crippen LogP contribution in [0.1, 0.15) is 23.2 Å². The zero-order valence-electron chi connectivity index (χ0n) is 16.6. The van der Waals surface area contributed by atoms with Crippen LogP contribution in [0.4, 0.5) is 31.7 Å². The maximum Gasteiger partial charge on any atom is 0.288 e. The Bertz CT molecular complexity index is 1040. The highest BCUT2D eigenvalue weighted by Gasteiger charge is 2.16. The number of hydrogen-bond acceptors (Lipinski definition) is 6. The number of halogens is 2. The van der Waals surface area contributed by atoms with Crippen molar-refractivity contribution in [2.24, 2.45) is 0 Å². The van der Waals surface area contributed by atoms with E-state index in [1.807, 2.05) is 6.07 Å². The summed E-state index contributed by atoms with van der Waals surface area (Å²) in [5.41, 5.74) is 2.60. The number of thioether (sulfide) groups is 1. The van der Waals surface area contributed by atoms with E-state index in [4.69, 9.17) is 0 Å². The van der Waals surface area contributed by atoms with Crippen molar-refractivity contribution < 1.29 is 13.6 Å². The van der Waals surface area contributed by atoms with Gasteiger partial charge in [-0.25, -0.2) is 0 Å². The van der Waals surface area contributed by atoms with Gasteiger partial charge in [-0.3, -0.25) is 4.79 Å². The summed E-state index contributed by atoms with van der Waals surface area (Å²) in [5.74, 6) is -2.39. The lowest BCUT2D eigenvalue weighted by Crippen LogP contribution is -2.18. The topological polar surface area (TPSA) is 70.2 Å². The summed E-state index contributed by atoms with van der Waals surface area (Å²) in [6.45, 7) is 2.05. The van der Waals surface area contributed by atoms with Crippen molar-refractivity contribution in [3.63, 3.8) is 0 Å². The van der Waals surface area contributed by atoms with Crippen LogP contribution in [0, 0.1) is 0 Å². The largest absolute Gasteiger partial charge is 0.370 e. The van der Waals surface area contributed by atoms with Gasteiger partial charge in [0.1, 0.15) is 0 Å². The molecule has 0 saturated carbocycles. The first-order chi connectivity index (χ1) is 15.1. The average molecular weight is 442 g/mol. The van der Waals surface area contributed by atoms with Gasteiger partial charge in [0.05, 0.1) is 17.4 Å². The van der Waals surface area contributed by atoms with Crippen molar-refractivity contribution in [3.05, 3.63) is 66.4 Å². The molecule has 2 N–H and O–H groups in total. The van der Waals surface area contributed by atoms with Crippen LogP contribution in [0.25, 0.3) is 0 Å². The molecule has 2 aromatic carbocycles. The molecule has 31 heavy (non-hydrogen) atoms. The summed E-state index contributed by atoms with van der Waals surface area (Å²) >= 11 is 0.357. The molecule has 1 amide bonds. The molecule has 1 aliphatic rings. The number of benzene rings is 2. The number of hydrogen-bond donors (Lipinski definition) is 2. The molecule has 4 rings (SSSR count). The first-order valence-electron chi connectivity index (χ1n) is 9.88. The third kappa shape index (κ3) is 5.49. The average Bonchev–Trinajstić information content (AvgIpc) is 3.30. The molecule has 9 heteroatoms. The van der Waals surface area contributed by atoms with E-state index in [9.17, 15) is 13.6 Å². The van der Waals surface area contributed by atoms with Gasteiger partial charge in [-0.1, -0.05) is 23.9 Å². The molecular formula is C22H21F2N5OS. The van der Waals surface area contributed by atoms with E-state index in [2.05, 4.69) is 25.7 Å². The standard InChI is InChI=1S/C22H21F2N5OS/c23-22(24)31-19-6-2-1-5-18(19)21(30)27-16-9-7-15(8-10-16)26-20-13-17(14-25-28-20)29-11-3-4-12-29/h1-2,5-10,13-14,22H,3-4,11-12H2,(H,26,28)(H,27,30). The van der Waals surface area contributed by atoms with E-state index in [1.165, 1.54) is 25.0 Å². The highest BCUT2D eigenvalue weighted by Crippen LogP contribution is 2.29. The highest BCUT2D eigenvalue weighted by atomic mass is 32.2. The van der Waals surface area contributed by atoms with E-state index < -0.39 is 11.7 Å². The molecule has 1 fully saturated rings. The minimum atomic E-state index is -2.59. The Hall–Kier alpha value is -3.20. The zero-order chi connectivity index (χ0) is 21.6. The number of anilines is 4. The number of aromatic nitrogens is 2. The van der Waals surface area contributed by atoms with Crippen LogP contribution < -0.4 is 15.5 Å². The fraction of sp³-hybridized carbons (Fsp3) is 0.227. The van der Waals surface area contributed by atoms with Gasteiger partial charge in [-0.05, 0) is 49.2 Å². The molecule has 0 bridgehead atoms.